The second-order valence-electron chi connectivity index (χ2n) is 3.07. The van der Waals surface area contributed by atoms with Crippen LogP contribution in [0.25, 0.3) is 10.8 Å². The van der Waals surface area contributed by atoms with Crippen molar-refractivity contribution in [2.45, 2.75) is 0 Å². The summed E-state index contributed by atoms with van der Waals surface area (Å²) in [7, 11) is 0. The molecule has 0 amide bonds. The highest BCUT2D eigenvalue weighted by Crippen LogP contribution is 2.58. The highest BCUT2D eigenvalue weighted by Gasteiger charge is 2.30. The molecule has 2 aromatic rings. The van der Waals surface area contributed by atoms with Gasteiger partial charge in [-0.05, 0) is 0 Å². The molecule has 0 aliphatic carbocycles. The van der Waals surface area contributed by atoms with Crippen molar-refractivity contribution < 1.29 is 9.84 Å². The Labute approximate surface area is 74.4 Å². The molecule has 3 heteroatoms. The van der Waals surface area contributed by atoms with E-state index in [2.05, 4.69) is 0 Å². The summed E-state index contributed by atoms with van der Waals surface area (Å²) in [6.07, 6.45) is 0. The van der Waals surface area contributed by atoms with Crippen molar-refractivity contribution in [2.24, 2.45) is 0 Å². The van der Waals surface area contributed by atoms with Crippen molar-refractivity contribution >= 4 is 16.5 Å². The van der Waals surface area contributed by atoms with Crippen LogP contribution in [0.15, 0.2) is 24.3 Å². The van der Waals surface area contributed by atoms with Crippen LogP contribution in [0.4, 0.5) is 5.69 Å². The Morgan fingerprint density at radius 1 is 1.08 bits per heavy atom. The molecular formula is C10H7NO2. The van der Waals surface area contributed by atoms with Crippen molar-refractivity contribution in [1.82, 2.24) is 0 Å². The zero-order chi connectivity index (χ0) is 9.00. The molecule has 0 unspecified atom stereocenters. The number of phenolic OH excluding ortho intramolecular Hbond substituents is 1. The molecule has 0 radical (unpaired) electrons. The van der Waals surface area contributed by atoms with Gasteiger partial charge in [-0.2, -0.15) is 0 Å². The second-order valence-corrected chi connectivity index (χ2v) is 3.07. The molecule has 2 aromatic carbocycles. The van der Waals surface area contributed by atoms with Gasteiger partial charge in [0.05, 0.1) is 0 Å². The molecule has 0 fully saturated rings. The lowest BCUT2D eigenvalue weighted by atomic mass is 10.1. The molecule has 3 rings (SSSR count). The van der Waals surface area contributed by atoms with Crippen LogP contribution in [0.3, 0.4) is 0 Å². The van der Waals surface area contributed by atoms with Gasteiger partial charge in [0.15, 0.2) is 11.5 Å². The zero-order valence-corrected chi connectivity index (χ0v) is 6.74. The largest absolute Gasteiger partial charge is 0.505 e. The summed E-state index contributed by atoms with van der Waals surface area (Å²) in [5.41, 5.74) is 5.97. The molecule has 3 nitrogen and oxygen atoms in total. The minimum Gasteiger partial charge on any atom is -0.505 e. The van der Waals surface area contributed by atoms with Gasteiger partial charge in [0.25, 0.3) is 0 Å². The molecule has 0 aromatic heterocycles. The zero-order valence-electron chi connectivity index (χ0n) is 6.74. The molecule has 0 saturated carbocycles. The van der Waals surface area contributed by atoms with Crippen molar-refractivity contribution in [3.8, 4) is 17.2 Å². The number of nitrogens with two attached hydrogens (primary N) is 1. The van der Waals surface area contributed by atoms with Gasteiger partial charge in [0, 0.05) is 10.8 Å². The Balaban J connectivity index is 2.57. The minimum atomic E-state index is 0.117. The summed E-state index contributed by atoms with van der Waals surface area (Å²) in [6, 6.07) is 7.49. The highest BCUT2D eigenvalue weighted by molar-refractivity contribution is 6.04. The molecule has 0 spiro atoms. The molecule has 1 aliphatic heterocycles. The fourth-order valence-corrected chi connectivity index (χ4v) is 1.57. The predicted octanol–water partition coefficient (Wildman–Crippen LogP) is 2.23. The molecule has 0 saturated heterocycles. The van der Waals surface area contributed by atoms with Crippen LogP contribution in [-0.4, -0.2) is 5.11 Å². The maximum atomic E-state index is 9.67. The Kier molecular flexibility index (Phi) is 0.953. The van der Waals surface area contributed by atoms with Gasteiger partial charge in [0.1, 0.15) is 11.4 Å². The number of aromatic hydroxyl groups is 1. The highest BCUT2D eigenvalue weighted by atomic mass is 16.6. The quantitative estimate of drug-likeness (QED) is 0.311. The molecule has 3 N–H and O–H groups in total. The summed E-state index contributed by atoms with van der Waals surface area (Å²) in [6.45, 7) is 0. The predicted molar refractivity (Wildman–Crippen MR) is 50.1 cm³/mol. The Morgan fingerprint density at radius 3 is 2.54 bits per heavy atom. The first-order chi connectivity index (χ1) is 6.29. The van der Waals surface area contributed by atoms with Crippen molar-refractivity contribution in [1.29, 1.82) is 0 Å². The second kappa shape index (κ2) is 1.88. The first-order valence-corrected chi connectivity index (χ1v) is 4.00. The summed E-state index contributed by atoms with van der Waals surface area (Å²) < 4.78 is 5.18. The molecule has 0 atom stereocenters. The summed E-state index contributed by atoms with van der Waals surface area (Å²) in [4.78, 5) is 0. The number of anilines is 1. The van der Waals surface area contributed by atoms with Crippen LogP contribution in [0, 0.1) is 0 Å². The van der Waals surface area contributed by atoms with Gasteiger partial charge in [0.2, 0.25) is 0 Å². The number of rotatable bonds is 0. The van der Waals surface area contributed by atoms with Gasteiger partial charge in [-0.1, -0.05) is 24.3 Å². The lowest BCUT2D eigenvalue weighted by Crippen LogP contribution is -1.82. The lowest BCUT2D eigenvalue weighted by Gasteiger charge is -1.98. The van der Waals surface area contributed by atoms with E-state index < -0.39 is 0 Å². The standard InChI is InChI=1S/C10H7NO2/c11-7-8(12)5-3-1-2-4-6(5)9-10(7)13-9/h1-4,12H,11H2. The summed E-state index contributed by atoms with van der Waals surface area (Å²) in [5.74, 6) is 1.54. The van der Waals surface area contributed by atoms with Crippen LogP contribution in [0.1, 0.15) is 0 Å². The van der Waals surface area contributed by atoms with E-state index in [0.29, 0.717) is 11.4 Å². The smallest absolute Gasteiger partial charge is 0.197 e. The number of fused-ring (bicyclic) bond motifs is 3. The first-order valence-electron chi connectivity index (χ1n) is 4.00. The molecule has 13 heavy (non-hydrogen) atoms. The van der Waals surface area contributed by atoms with E-state index in [4.69, 9.17) is 10.5 Å². The molecule has 64 valence electrons. The normalized spacial score (nSPS) is 12.3. The Morgan fingerprint density at radius 2 is 1.77 bits per heavy atom. The van der Waals surface area contributed by atoms with Crippen molar-refractivity contribution in [3.05, 3.63) is 24.3 Å². The summed E-state index contributed by atoms with van der Waals surface area (Å²) >= 11 is 0. The van der Waals surface area contributed by atoms with Crippen LogP contribution in [-0.2, 0) is 0 Å². The maximum Gasteiger partial charge on any atom is 0.197 e. The average Bonchev–Trinajstić information content (AvgIpc) is 2.94. The minimum absolute atomic E-state index is 0.117. The molecule has 1 aliphatic rings. The van der Waals surface area contributed by atoms with Gasteiger partial charge in [-0.25, -0.2) is 0 Å². The Bertz CT molecular complexity index is 520. The fraction of sp³-hybridized carbons (Fsp3) is 0. The van der Waals surface area contributed by atoms with Crippen LogP contribution in [0.2, 0.25) is 0 Å². The lowest BCUT2D eigenvalue weighted by molar-refractivity contribution is 0.484. The SMILES string of the molecule is Nc1c2c(c3ccccc3c1O)O2. The van der Waals surface area contributed by atoms with E-state index in [1.807, 2.05) is 24.3 Å². The van der Waals surface area contributed by atoms with Crippen molar-refractivity contribution in [2.75, 3.05) is 5.73 Å². The van der Waals surface area contributed by atoms with Crippen LogP contribution < -0.4 is 10.5 Å². The van der Waals surface area contributed by atoms with Gasteiger partial charge in [-0.3, -0.25) is 0 Å². The van der Waals surface area contributed by atoms with Crippen LogP contribution >= 0.6 is 0 Å². The van der Waals surface area contributed by atoms with E-state index in [1.54, 1.807) is 0 Å². The molecule has 1 heterocycles. The number of nitrogen functional groups attached to an aromatic ring is 1. The van der Waals surface area contributed by atoms with Crippen molar-refractivity contribution in [3.63, 3.8) is 0 Å². The monoisotopic (exact) mass is 173 g/mol. The number of ether oxygens (including phenoxy) is 1. The number of benzene rings is 2. The van der Waals surface area contributed by atoms with E-state index in [0.717, 1.165) is 16.5 Å². The van der Waals surface area contributed by atoms with Crippen LogP contribution in [0.5, 0.6) is 17.2 Å². The third-order valence-electron chi connectivity index (χ3n) is 2.30. The third kappa shape index (κ3) is 0.685. The van der Waals surface area contributed by atoms with E-state index in [-0.39, 0.29) is 5.75 Å². The average molecular weight is 173 g/mol. The topological polar surface area (TPSA) is 58.8 Å². The number of hydrogen-bond acceptors (Lipinski definition) is 3. The first kappa shape index (κ1) is 6.60. The van der Waals surface area contributed by atoms with E-state index >= 15 is 0 Å². The number of phenols is 1. The summed E-state index contributed by atoms with van der Waals surface area (Å²) in [5, 5.41) is 11.3. The Hall–Kier alpha value is -1.90. The molecular weight excluding hydrogens is 166 g/mol. The maximum absolute atomic E-state index is 9.67. The fourth-order valence-electron chi connectivity index (χ4n) is 1.57. The van der Waals surface area contributed by atoms with E-state index in [9.17, 15) is 5.11 Å². The third-order valence-corrected chi connectivity index (χ3v) is 2.30. The van der Waals surface area contributed by atoms with Gasteiger partial charge >= 0.3 is 0 Å². The number of hydrogen-bond donors (Lipinski definition) is 2. The molecule has 0 bridgehead atoms. The van der Waals surface area contributed by atoms with Gasteiger partial charge in [-0.15, -0.1) is 0 Å². The van der Waals surface area contributed by atoms with E-state index in [1.165, 1.54) is 0 Å². The van der Waals surface area contributed by atoms with Gasteiger partial charge < -0.3 is 15.6 Å².